The van der Waals surface area contributed by atoms with E-state index in [1.807, 2.05) is 12.1 Å². The first-order valence-corrected chi connectivity index (χ1v) is 7.88. The molecule has 0 saturated heterocycles. The minimum atomic E-state index is -0.888. The topological polar surface area (TPSA) is 94.2 Å². The number of hydrogen-bond acceptors (Lipinski definition) is 5. The van der Waals surface area contributed by atoms with Gasteiger partial charge in [-0.15, -0.1) is 0 Å². The minimum absolute atomic E-state index is 0.0488. The standard InChI is InChI=1S/C15H12Cl3N3O3/c16-10-3-4-11(17)14(18)13(10)15(23)24-9-12(22)21(7-1-5-19)8-2-6-20/h3-4H,1-2,7-9H2. The highest BCUT2D eigenvalue weighted by molar-refractivity contribution is 6.46. The van der Waals surface area contributed by atoms with Gasteiger partial charge in [-0.05, 0) is 12.1 Å². The summed E-state index contributed by atoms with van der Waals surface area (Å²) >= 11 is 17.6. The molecule has 0 aliphatic heterocycles. The third-order valence-corrected chi connectivity index (χ3v) is 4.03. The fraction of sp³-hybridized carbons (Fsp3) is 0.333. The van der Waals surface area contributed by atoms with Crippen molar-refractivity contribution in [2.24, 2.45) is 0 Å². The van der Waals surface area contributed by atoms with Crippen molar-refractivity contribution in [3.05, 3.63) is 32.8 Å². The first-order chi connectivity index (χ1) is 11.4. The average molecular weight is 389 g/mol. The molecule has 9 heteroatoms. The lowest BCUT2D eigenvalue weighted by Crippen LogP contribution is -2.36. The second-order valence-corrected chi connectivity index (χ2v) is 5.68. The summed E-state index contributed by atoms with van der Waals surface area (Å²) in [5.41, 5.74) is -0.126. The van der Waals surface area contributed by atoms with E-state index in [9.17, 15) is 9.59 Å². The van der Waals surface area contributed by atoms with Gasteiger partial charge in [0.15, 0.2) is 6.61 Å². The van der Waals surface area contributed by atoms with Crippen LogP contribution in [0, 0.1) is 22.7 Å². The zero-order chi connectivity index (χ0) is 18.1. The highest BCUT2D eigenvalue weighted by Crippen LogP contribution is 2.31. The first-order valence-electron chi connectivity index (χ1n) is 6.74. The molecule has 0 aliphatic rings. The van der Waals surface area contributed by atoms with Gasteiger partial charge >= 0.3 is 5.97 Å². The SMILES string of the molecule is N#CCCN(CCC#N)C(=O)COC(=O)c1c(Cl)ccc(Cl)c1Cl. The number of carbonyl (C=O) groups is 2. The molecular weight excluding hydrogens is 377 g/mol. The van der Waals surface area contributed by atoms with E-state index in [0.717, 1.165) is 0 Å². The maximum Gasteiger partial charge on any atom is 0.341 e. The first kappa shape index (κ1) is 20.1. The molecule has 0 heterocycles. The van der Waals surface area contributed by atoms with Gasteiger partial charge in [-0.2, -0.15) is 10.5 Å². The number of esters is 1. The van der Waals surface area contributed by atoms with Gasteiger partial charge in [-0.1, -0.05) is 34.8 Å². The lowest BCUT2D eigenvalue weighted by Gasteiger charge is -2.20. The van der Waals surface area contributed by atoms with Gasteiger partial charge in [0.2, 0.25) is 0 Å². The molecule has 0 spiro atoms. The molecule has 0 bridgehead atoms. The average Bonchev–Trinajstić information content (AvgIpc) is 2.56. The monoisotopic (exact) mass is 387 g/mol. The van der Waals surface area contributed by atoms with Crippen molar-refractivity contribution in [3.8, 4) is 12.1 Å². The van der Waals surface area contributed by atoms with Crippen molar-refractivity contribution < 1.29 is 14.3 Å². The van der Waals surface area contributed by atoms with E-state index in [0.29, 0.717) is 0 Å². The van der Waals surface area contributed by atoms with Crippen LogP contribution in [-0.2, 0) is 9.53 Å². The highest BCUT2D eigenvalue weighted by atomic mass is 35.5. The number of hydrogen-bond donors (Lipinski definition) is 0. The molecule has 6 nitrogen and oxygen atoms in total. The summed E-state index contributed by atoms with van der Waals surface area (Å²) in [6.07, 6.45) is 0.216. The largest absolute Gasteiger partial charge is 0.452 e. The Kier molecular flexibility index (Phi) is 8.35. The van der Waals surface area contributed by atoms with Crippen molar-refractivity contribution in [1.29, 1.82) is 10.5 Å². The normalized spacial score (nSPS) is 9.71. The summed E-state index contributed by atoms with van der Waals surface area (Å²) in [4.78, 5) is 25.4. The van der Waals surface area contributed by atoms with Gasteiger partial charge in [-0.25, -0.2) is 4.79 Å². The van der Waals surface area contributed by atoms with E-state index in [2.05, 4.69) is 0 Å². The second kappa shape index (κ2) is 10.00. The predicted molar refractivity (Wildman–Crippen MR) is 88.8 cm³/mol. The van der Waals surface area contributed by atoms with Gasteiger partial charge in [-0.3, -0.25) is 4.79 Å². The summed E-state index contributed by atoms with van der Waals surface area (Å²) in [5.74, 6) is -1.41. The molecule has 0 aromatic heterocycles. The van der Waals surface area contributed by atoms with Crippen molar-refractivity contribution in [3.63, 3.8) is 0 Å². The molecular formula is C15H12Cl3N3O3. The van der Waals surface area contributed by atoms with E-state index in [1.165, 1.54) is 17.0 Å². The number of rotatable bonds is 7. The molecule has 1 rings (SSSR count). The Morgan fingerprint density at radius 2 is 1.58 bits per heavy atom. The molecule has 24 heavy (non-hydrogen) atoms. The predicted octanol–water partition coefficient (Wildman–Crippen LogP) is 3.46. The molecule has 0 fully saturated rings. The fourth-order valence-corrected chi connectivity index (χ4v) is 2.42. The number of nitrogens with zero attached hydrogens (tertiary/aromatic N) is 3. The number of halogens is 3. The Bertz CT molecular complexity index is 692. The van der Waals surface area contributed by atoms with Crippen molar-refractivity contribution in [2.45, 2.75) is 12.8 Å². The number of nitriles is 2. The summed E-state index contributed by atoms with van der Waals surface area (Å²) in [6.45, 7) is -0.269. The third kappa shape index (κ3) is 5.58. The maximum atomic E-state index is 12.1. The maximum absolute atomic E-state index is 12.1. The number of benzene rings is 1. The van der Waals surface area contributed by atoms with Crippen LogP contribution in [0.15, 0.2) is 12.1 Å². The molecule has 0 unspecified atom stereocenters. The van der Waals surface area contributed by atoms with Crippen LogP contribution in [0.1, 0.15) is 23.2 Å². The Labute approximate surface area is 154 Å². The van der Waals surface area contributed by atoms with E-state index < -0.39 is 18.5 Å². The van der Waals surface area contributed by atoms with E-state index in [1.54, 1.807) is 0 Å². The van der Waals surface area contributed by atoms with Gasteiger partial charge in [0.1, 0.15) is 0 Å². The summed E-state index contributed by atoms with van der Waals surface area (Å²) in [7, 11) is 0. The lowest BCUT2D eigenvalue weighted by molar-refractivity contribution is -0.134. The number of ether oxygens (including phenoxy) is 1. The second-order valence-electron chi connectivity index (χ2n) is 4.49. The summed E-state index contributed by atoms with van der Waals surface area (Å²) in [5, 5.41) is 17.3. The molecule has 1 amide bonds. The Morgan fingerprint density at radius 3 is 2.12 bits per heavy atom. The van der Waals surface area contributed by atoms with Crippen molar-refractivity contribution in [1.82, 2.24) is 4.90 Å². The van der Waals surface area contributed by atoms with Crippen LogP contribution >= 0.6 is 34.8 Å². The Hall–Kier alpha value is -1.99. The third-order valence-electron chi connectivity index (χ3n) is 2.91. The molecule has 1 aromatic carbocycles. The van der Waals surface area contributed by atoms with Crippen LogP contribution < -0.4 is 0 Å². The smallest absolute Gasteiger partial charge is 0.341 e. The van der Waals surface area contributed by atoms with Gasteiger partial charge in [0, 0.05) is 13.1 Å². The molecule has 0 saturated carbocycles. The van der Waals surface area contributed by atoms with E-state index >= 15 is 0 Å². The highest BCUT2D eigenvalue weighted by Gasteiger charge is 2.21. The molecule has 0 radical (unpaired) electrons. The number of amides is 1. The van der Waals surface area contributed by atoms with Crippen LogP contribution in [0.25, 0.3) is 0 Å². The minimum Gasteiger partial charge on any atom is -0.452 e. The van der Waals surface area contributed by atoms with Crippen LogP contribution in [0.2, 0.25) is 15.1 Å². The summed E-state index contributed by atoms with van der Waals surface area (Å²) in [6, 6.07) is 6.63. The molecule has 1 aromatic rings. The van der Waals surface area contributed by atoms with E-state index in [4.69, 9.17) is 50.1 Å². The van der Waals surface area contributed by atoms with Gasteiger partial charge in [0.25, 0.3) is 5.91 Å². The zero-order valence-electron chi connectivity index (χ0n) is 12.4. The van der Waals surface area contributed by atoms with E-state index in [-0.39, 0.29) is 46.6 Å². The fourth-order valence-electron chi connectivity index (χ4n) is 1.74. The molecule has 126 valence electrons. The van der Waals surface area contributed by atoms with Gasteiger partial charge < -0.3 is 9.64 Å². The van der Waals surface area contributed by atoms with Crippen molar-refractivity contribution >= 4 is 46.7 Å². The number of carbonyl (C=O) groups excluding carboxylic acids is 2. The quantitative estimate of drug-likeness (QED) is 0.526. The van der Waals surface area contributed by atoms with Gasteiger partial charge in [0.05, 0.1) is 45.6 Å². The zero-order valence-corrected chi connectivity index (χ0v) is 14.7. The van der Waals surface area contributed by atoms with Crippen LogP contribution in [0.3, 0.4) is 0 Å². The molecule has 0 aliphatic carbocycles. The molecule has 0 atom stereocenters. The van der Waals surface area contributed by atoms with Crippen LogP contribution in [0.4, 0.5) is 0 Å². The molecule has 0 N–H and O–H groups in total. The summed E-state index contributed by atoms with van der Waals surface area (Å²) < 4.78 is 4.92. The van der Waals surface area contributed by atoms with Crippen LogP contribution in [0.5, 0.6) is 0 Å². The lowest BCUT2D eigenvalue weighted by atomic mass is 10.2. The Balaban J connectivity index is 2.75. The van der Waals surface area contributed by atoms with Crippen LogP contribution in [-0.4, -0.2) is 36.5 Å². The Morgan fingerprint density at radius 1 is 1.04 bits per heavy atom. The van der Waals surface area contributed by atoms with Crippen molar-refractivity contribution in [2.75, 3.05) is 19.7 Å².